The van der Waals surface area contributed by atoms with Crippen LogP contribution in [0, 0.1) is 12.8 Å². The van der Waals surface area contributed by atoms with E-state index in [1.807, 2.05) is 25.1 Å². The van der Waals surface area contributed by atoms with E-state index in [1.54, 1.807) is 4.90 Å². The number of aliphatic carboxylic acids is 1. The van der Waals surface area contributed by atoms with Gasteiger partial charge in [-0.05, 0) is 37.5 Å². The molecule has 1 fully saturated rings. The first-order valence-electron chi connectivity index (χ1n) is 6.87. The van der Waals surface area contributed by atoms with Gasteiger partial charge in [0.2, 0.25) is 0 Å². The van der Waals surface area contributed by atoms with Gasteiger partial charge in [0.05, 0.1) is 5.92 Å². The molecule has 0 aliphatic carbocycles. The van der Waals surface area contributed by atoms with Crippen LogP contribution in [0.2, 0.25) is 0 Å². The van der Waals surface area contributed by atoms with Crippen molar-refractivity contribution in [3.05, 3.63) is 28.2 Å². The Kier molecular flexibility index (Phi) is 5.22. The molecule has 114 valence electrons. The number of amides is 1. The van der Waals surface area contributed by atoms with E-state index in [1.165, 1.54) is 0 Å². The van der Waals surface area contributed by atoms with Crippen LogP contribution in [-0.4, -0.2) is 41.6 Å². The van der Waals surface area contributed by atoms with E-state index in [-0.39, 0.29) is 18.4 Å². The molecule has 1 N–H and O–H groups in total. The first-order valence-corrected chi connectivity index (χ1v) is 7.66. The van der Waals surface area contributed by atoms with E-state index < -0.39 is 5.97 Å². The van der Waals surface area contributed by atoms with Crippen LogP contribution < -0.4 is 4.74 Å². The number of rotatable bonds is 4. The average molecular weight is 356 g/mol. The van der Waals surface area contributed by atoms with Gasteiger partial charge < -0.3 is 14.7 Å². The summed E-state index contributed by atoms with van der Waals surface area (Å²) in [5.74, 6) is -0.526. The number of benzene rings is 1. The zero-order valence-electron chi connectivity index (χ0n) is 11.8. The van der Waals surface area contributed by atoms with Crippen molar-refractivity contribution in [2.75, 3.05) is 19.7 Å². The number of carboxylic acid groups (broad SMARTS) is 1. The maximum atomic E-state index is 12.1. The van der Waals surface area contributed by atoms with Crippen LogP contribution in [0.25, 0.3) is 0 Å². The third-order valence-corrected chi connectivity index (χ3v) is 4.19. The first-order chi connectivity index (χ1) is 9.97. The predicted octanol–water partition coefficient (Wildman–Crippen LogP) is 2.46. The molecule has 0 bridgehead atoms. The highest BCUT2D eigenvalue weighted by Gasteiger charge is 2.27. The molecular weight excluding hydrogens is 338 g/mol. The Hall–Kier alpha value is -1.56. The molecule has 6 heteroatoms. The Bertz CT molecular complexity index is 538. The number of ether oxygens (including phenoxy) is 1. The second kappa shape index (κ2) is 6.93. The lowest BCUT2D eigenvalue weighted by molar-refractivity contribution is -0.146. The summed E-state index contributed by atoms with van der Waals surface area (Å²) in [5.41, 5.74) is 0.968. The van der Waals surface area contributed by atoms with Gasteiger partial charge >= 0.3 is 5.97 Å². The maximum absolute atomic E-state index is 12.1. The Morgan fingerprint density at radius 2 is 2.05 bits per heavy atom. The summed E-state index contributed by atoms with van der Waals surface area (Å²) in [6.45, 7) is 2.87. The van der Waals surface area contributed by atoms with Crippen LogP contribution >= 0.6 is 15.9 Å². The third-order valence-electron chi connectivity index (χ3n) is 3.70. The van der Waals surface area contributed by atoms with Crippen molar-refractivity contribution in [2.45, 2.75) is 19.8 Å². The molecule has 1 aromatic carbocycles. The zero-order valence-corrected chi connectivity index (χ0v) is 13.4. The smallest absolute Gasteiger partial charge is 0.306 e. The summed E-state index contributed by atoms with van der Waals surface area (Å²) in [5, 5.41) is 8.94. The van der Waals surface area contributed by atoms with Crippen molar-refractivity contribution in [1.82, 2.24) is 4.90 Å². The highest BCUT2D eigenvalue weighted by atomic mass is 79.9. The zero-order chi connectivity index (χ0) is 15.4. The summed E-state index contributed by atoms with van der Waals surface area (Å²) in [6, 6.07) is 5.67. The highest BCUT2D eigenvalue weighted by molar-refractivity contribution is 9.10. The number of carbonyl (C=O) groups is 2. The lowest BCUT2D eigenvalue weighted by Gasteiger charge is -2.30. The van der Waals surface area contributed by atoms with Crippen LogP contribution in [0.15, 0.2) is 22.7 Å². The van der Waals surface area contributed by atoms with Crippen LogP contribution in [0.5, 0.6) is 5.75 Å². The Labute approximate surface area is 132 Å². The molecular formula is C15H18BrNO4. The van der Waals surface area contributed by atoms with Crippen molar-refractivity contribution < 1.29 is 19.4 Å². The third kappa shape index (κ3) is 4.20. The molecule has 2 rings (SSSR count). The van der Waals surface area contributed by atoms with Gasteiger partial charge in [0.1, 0.15) is 5.75 Å². The number of aryl methyl sites for hydroxylation is 1. The molecule has 21 heavy (non-hydrogen) atoms. The van der Waals surface area contributed by atoms with Gasteiger partial charge in [-0.15, -0.1) is 0 Å². The summed E-state index contributed by atoms with van der Waals surface area (Å²) in [4.78, 5) is 24.6. The molecule has 1 aliphatic heterocycles. The normalized spacial score (nSPS) is 15.8. The fourth-order valence-electron chi connectivity index (χ4n) is 2.34. The van der Waals surface area contributed by atoms with Crippen molar-refractivity contribution in [1.29, 1.82) is 0 Å². The molecule has 0 atom stereocenters. The largest absolute Gasteiger partial charge is 0.483 e. The van der Waals surface area contributed by atoms with E-state index in [0.29, 0.717) is 31.7 Å². The number of carboxylic acids is 1. The number of halogens is 1. The number of piperidine rings is 1. The highest BCUT2D eigenvalue weighted by Crippen LogP contribution is 2.23. The summed E-state index contributed by atoms with van der Waals surface area (Å²) < 4.78 is 6.47. The minimum absolute atomic E-state index is 0.0188. The molecule has 1 aromatic rings. The minimum Gasteiger partial charge on any atom is -0.483 e. The second-order valence-electron chi connectivity index (χ2n) is 5.19. The van der Waals surface area contributed by atoms with Gasteiger partial charge in [0, 0.05) is 17.6 Å². The van der Waals surface area contributed by atoms with Crippen LogP contribution in [-0.2, 0) is 9.59 Å². The van der Waals surface area contributed by atoms with Gasteiger partial charge in [-0.2, -0.15) is 0 Å². The molecule has 1 heterocycles. The van der Waals surface area contributed by atoms with Crippen molar-refractivity contribution >= 4 is 27.8 Å². The van der Waals surface area contributed by atoms with Crippen molar-refractivity contribution in [3.63, 3.8) is 0 Å². The van der Waals surface area contributed by atoms with Crippen LogP contribution in [0.3, 0.4) is 0 Å². The van der Waals surface area contributed by atoms with Gasteiger partial charge in [0.15, 0.2) is 6.61 Å². The molecule has 0 aromatic heterocycles. The second-order valence-corrected chi connectivity index (χ2v) is 6.11. The number of hydrogen-bond acceptors (Lipinski definition) is 3. The summed E-state index contributed by atoms with van der Waals surface area (Å²) in [6.07, 6.45) is 1.02. The Morgan fingerprint density at radius 3 is 2.67 bits per heavy atom. The van der Waals surface area contributed by atoms with Gasteiger partial charge in [-0.3, -0.25) is 9.59 Å². The van der Waals surface area contributed by atoms with Crippen molar-refractivity contribution in [2.24, 2.45) is 5.92 Å². The lowest BCUT2D eigenvalue weighted by atomic mass is 9.97. The van der Waals surface area contributed by atoms with E-state index >= 15 is 0 Å². The molecule has 1 saturated heterocycles. The van der Waals surface area contributed by atoms with Crippen molar-refractivity contribution in [3.8, 4) is 5.75 Å². The predicted molar refractivity (Wildman–Crippen MR) is 81.3 cm³/mol. The van der Waals surface area contributed by atoms with E-state index in [4.69, 9.17) is 9.84 Å². The van der Waals surface area contributed by atoms with E-state index in [0.717, 1.165) is 10.0 Å². The van der Waals surface area contributed by atoms with E-state index in [9.17, 15) is 9.59 Å². The Balaban J connectivity index is 1.85. The monoisotopic (exact) mass is 355 g/mol. The molecule has 1 amide bonds. The van der Waals surface area contributed by atoms with Gasteiger partial charge in [0.25, 0.3) is 5.91 Å². The number of carbonyl (C=O) groups excluding carboxylic acids is 1. The van der Waals surface area contributed by atoms with E-state index in [2.05, 4.69) is 15.9 Å². The minimum atomic E-state index is -0.775. The number of nitrogens with zero attached hydrogens (tertiary/aromatic N) is 1. The molecule has 0 saturated carbocycles. The van der Waals surface area contributed by atoms with Gasteiger partial charge in [-0.25, -0.2) is 0 Å². The maximum Gasteiger partial charge on any atom is 0.306 e. The number of hydrogen-bond donors (Lipinski definition) is 1. The molecule has 0 spiro atoms. The SMILES string of the molecule is Cc1ccc(Br)cc1OCC(=O)N1CCC(C(=O)O)CC1. The average Bonchev–Trinajstić information content (AvgIpc) is 2.48. The fourth-order valence-corrected chi connectivity index (χ4v) is 2.68. The lowest BCUT2D eigenvalue weighted by Crippen LogP contribution is -2.42. The summed E-state index contributed by atoms with van der Waals surface area (Å²) in [7, 11) is 0. The molecule has 0 radical (unpaired) electrons. The standard InChI is InChI=1S/C15H18BrNO4/c1-10-2-3-12(16)8-13(10)21-9-14(18)17-6-4-11(5-7-17)15(19)20/h2-3,8,11H,4-7,9H2,1H3,(H,19,20). The Morgan fingerprint density at radius 1 is 1.38 bits per heavy atom. The topological polar surface area (TPSA) is 66.8 Å². The quantitative estimate of drug-likeness (QED) is 0.900. The summed E-state index contributed by atoms with van der Waals surface area (Å²) >= 11 is 3.37. The molecule has 1 aliphatic rings. The van der Waals surface area contributed by atoms with Crippen LogP contribution in [0.4, 0.5) is 0 Å². The van der Waals surface area contributed by atoms with Crippen LogP contribution in [0.1, 0.15) is 18.4 Å². The molecule has 5 nitrogen and oxygen atoms in total. The number of likely N-dealkylation sites (tertiary alicyclic amines) is 1. The molecule has 0 unspecified atom stereocenters. The first kappa shape index (κ1) is 15.8. The van der Waals surface area contributed by atoms with Gasteiger partial charge in [-0.1, -0.05) is 22.0 Å². The fraction of sp³-hybridized carbons (Fsp3) is 0.467.